The van der Waals surface area contributed by atoms with Crippen molar-refractivity contribution in [1.82, 2.24) is 20.1 Å². The summed E-state index contributed by atoms with van der Waals surface area (Å²) in [6.07, 6.45) is 1.69. The third kappa shape index (κ3) is 5.42. The molecule has 0 aliphatic rings. The van der Waals surface area contributed by atoms with E-state index in [1.807, 2.05) is 44.2 Å². The molecule has 43 heavy (non-hydrogen) atoms. The Balaban J connectivity index is 1.69. The molecule has 3 aromatic carbocycles. The van der Waals surface area contributed by atoms with Crippen molar-refractivity contribution in [3.05, 3.63) is 107 Å². The van der Waals surface area contributed by atoms with Gasteiger partial charge in [-0.15, -0.1) is 0 Å². The van der Waals surface area contributed by atoms with Crippen molar-refractivity contribution in [3.8, 4) is 28.3 Å². The van der Waals surface area contributed by atoms with E-state index < -0.39 is 26.0 Å². The fraction of sp³-hybridized carbons (Fsp3) is 0.156. The van der Waals surface area contributed by atoms with Crippen LogP contribution >= 0.6 is 0 Å². The van der Waals surface area contributed by atoms with E-state index in [2.05, 4.69) is 15.4 Å². The molecule has 0 spiro atoms. The lowest BCUT2D eigenvalue weighted by molar-refractivity contribution is 0.0963. The first kappa shape index (κ1) is 29.3. The van der Waals surface area contributed by atoms with Gasteiger partial charge in [-0.1, -0.05) is 48.5 Å². The molecule has 2 aromatic heterocycles. The molecule has 0 radical (unpaired) electrons. The van der Waals surface area contributed by atoms with Crippen LogP contribution in [-0.2, 0) is 16.9 Å². The maximum atomic E-state index is 14.0. The fourth-order valence-corrected chi connectivity index (χ4v) is 6.43. The zero-order chi connectivity index (χ0) is 30.9. The van der Waals surface area contributed by atoms with Gasteiger partial charge in [0, 0.05) is 37.6 Å². The Labute approximate surface area is 249 Å². The van der Waals surface area contributed by atoms with Gasteiger partial charge in [-0.2, -0.15) is 5.10 Å². The third-order valence-electron chi connectivity index (χ3n) is 7.03. The Morgan fingerprint density at radius 1 is 0.977 bits per heavy atom. The molecule has 2 heterocycles. The highest BCUT2D eigenvalue weighted by molar-refractivity contribution is 7.91. The van der Waals surface area contributed by atoms with Gasteiger partial charge in [0.05, 0.1) is 10.6 Å². The molecule has 3 N–H and O–H groups in total. The van der Waals surface area contributed by atoms with Crippen molar-refractivity contribution in [1.29, 1.82) is 0 Å². The summed E-state index contributed by atoms with van der Waals surface area (Å²) in [5.74, 6) is -0.964. The Morgan fingerprint density at radius 3 is 2.23 bits per heavy atom. The molecule has 0 aliphatic carbocycles. The first-order valence-electron chi connectivity index (χ1n) is 13.5. The molecule has 0 fully saturated rings. The highest BCUT2D eigenvalue weighted by Gasteiger charge is 2.33. The number of nitrogens with one attached hydrogen (secondary N) is 2. The van der Waals surface area contributed by atoms with Crippen LogP contribution in [0.3, 0.4) is 0 Å². The number of H-pyrrole nitrogens is 1. The number of aromatic nitrogens is 3. The molecule has 0 aliphatic heterocycles. The van der Waals surface area contributed by atoms with E-state index in [1.54, 1.807) is 65.3 Å². The molecule has 5 rings (SSSR count). The Hall–Kier alpha value is -5.16. The van der Waals surface area contributed by atoms with Crippen molar-refractivity contribution in [2.24, 2.45) is 7.05 Å². The number of benzene rings is 3. The average Bonchev–Trinajstić information content (AvgIpc) is 3.44. The van der Waals surface area contributed by atoms with Crippen LogP contribution in [0.2, 0.25) is 0 Å². The summed E-state index contributed by atoms with van der Waals surface area (Å²) in [4.78, 5) is 29.4. The maximum absolute atomic E-state index is 14.0. The smallest absolute Gasteiger partial charge is 0.271 e. The summed E-state index contributed by atoms with van der Waals surface area (Å²) in [7, 11) is -1.26. The minimum Gasteiger partial charge on any atom is -0.504 e. The summed E-state index contributed by atoms with van der Waals surface area (Å²) in [6.45, 7) is 3.78. The van der Waals surface area contributed by atoms with E-state index in [1.165, 1.54) is 19.2 Å². The zero-order valence-corrected chi connectivity index (χ0v) is 24.9. The van der Waals surface area contributed by atoms with Crippen LogP contribution < -0.4 is 15.8 Å². The molecule has 11 heteroatoms. The number of amides is 1. The third-order valence-corrected chi connectivity index (χ3v) is 8.83. The van der Waals surface area contributed by atoms with Gasteiger partial charge in [0.15, 0.2) is 10.6 Å². The molecule has 0 unspecified atom stereocenters. The molecule has 0 saturated carbocycles. The summed E-state index contributed by atoms with van der Waals surface area (Å²) < 4.78 is 29.5. The fourth-order valence-electron chi connectivity index (χ4n) is 5.05. The molecule has 0 bridgehead atoms. The van der Waals surface area contributed by atoms with Crippen molar-refractivity contribution in [2.45, 2.75) is 29.7 Å². The van der Waals surface area contributed by atoms with E-state index in [0.717, 1.165) is 0 Å². The molecule has 1 amide bonds. The number of aryl methyl sites for hydroxylation is 1. The lowest BCUT2D eigenvalue weighted by Crippen LogP contribution is -2.29. The van der Waals surface area contributed by atoms with Crippen LogP contribution in [0, 0.1) is 0 Å². The Morgan fingerprint density at radius 2 is 1.63 bits per heavy atom. The van der Waals surface area contributed by atoms with E-state index in [9.17, 15) is 23.1 Å². The van der Waals surface area contributed by atoms with Gasteiger partial charge in [0.25, 0.3) is 11.5 Å². The number of carbonyl (C=O) groups excluding carboxylic acids is 1. The number of para-hydroxylation sites is 1. The quantitative estimate of drug-likeness (QED) is 0.232. The van der Waals surface area contributed by atoms with Gasteiger partial charge in [0.1, 0.15) is 11.4 Å². The van der Waals surface area contributed by atoms with Crippen molar-refractivity contribution >= 4 is 27.1 Å². The normalized spacial score (nSPS) is 11.5. The van der Waals surface area contributed by atoms with Crippen molar-refractivity contribution in [2.75, 3.05) is 11.9 Å². The second-order valence-electron chi connectivity index (χ2n) is 10.2. The van der Waals surface area contributed by atoms with Gasteiger partial charge in [-0.25, -0.2) is 8.42 Å². The van der Waals surface area contributed by atoms with Crippen LogP contribution in [0.4, 0.5) is 11.4 Å². The number of nitrogens with zero attached hydrogens (tertiary/aromatic N) is 3. The minimum absolute atomic E-state index is 0.106. The number of aromatic hydroxyl groups is 1. The first-order valence-corrected chi connectivity index (χ1v) is 15.0. The number of carbonyl (C=O) groups is 1. The summed E-state index contributed by atoms with van der Waals surface area (Å²) >= 11 is 0. The Kier molecular flexibility index (Phi) is 7.92. The number of aromatic amines is 1. The SMILES string of the molecule is CNC(=O)c1ccccc1-c1ccc(S(=O)(=O)c2c(O)c(N(c3ccccc3)C(C)C)c(-c3ccn(C)n3)[nH]c2=O)cc1. The second-order valence-corrected chi connectivity index (χ2v) is 12.1. The van der Waals surface area contributed by atoms with E-state index in [4.69, 9.17) is 0 Å². The average molecular weight is 598 g/mol. The lowest BCUT2D eigenvalue weighted by atomic mass is 9.99. The molecule has 0 saturated heterocycles. The largest absolute Gasteiger partial charge is 0.504 e. The number of pyridine rings is 1. The molecule has 10 nitrogen and oxygen atoms in total. The molecular formula is C32H31N5O5S. The van der Waals surface area contributed by atoms with E-state index in [-0.39, 0.29) is 28.2 Å². The van der Waals surface area contributed by atoms with Gasteiger partial charge < -0.3 is 20.3 Å². The summed E-state index contributed by atoms with van der Waals surface area (Å²) in [5.41, 5.74) is 2.00. The lowest BCUT2D eigenvalue weighted by Gasteiger charge is -2.31. The topological polar surface area (TPSA) is 137 Å². The van der Waals surface area contributed by atoms with Crippen molar-refractivity contribution < 1.29 is 18.3 Å². The summed E-state index contributed by atoms with van der Waals surface area (Å²) in [6, 6.07) is 23.4. The molecule has 0 atom stereocenters. The van der Waals surface area contributed by atoms with Gasteiger partial charge in [-0.05, 0) is 61.4 Å². The number of sulfone groups is 1. The van der Waals surface area contributed by atoms with Gasteiger partial charge >= 0.3 is 0 Å². The zero-order valence-electron chi connectivity index (χ0n) is 24.1. The molecule has 220 valence electrons. The highest BCUT2D eigenvalue weighted by atomic mass is 32.2. The van der Waals surface area contributed by atoms with Crippen LogP contribution in [0.15, 0.2) is 106 Å². The highest BCUT2D eigenvalue weighted by Crippen LogP contribution is 2.44. The predicted molar refractivity (Wildman–Crippen MR) is 165 cm³/mol. The van der Waals surface area contributed by atoms with E-state index in [0.29, 0.717) is 28.1 Å². The number of anilines is 2. The monoisotopic (exact) mass is 597 g/mol. The number of rotatable bonds is 8. The standard InChI is InChI=1S/C32H31N5O5S/c1-20(2)37(22-10-6-5-7-11-22)28-27(26-18-19-36(4)35-26)34-32(40)30(29(28)38)43(41,42)23-16-14-21(15-17-23)24-12-8-9-13-25(24)31(39)33-3/h5-20H,1-4H3,(H,33,39)(H2,34,38,40). The Bertz CT molecular complexity index is 1960. The second kappa shape index (κ2) is 11.6. The summed E-state index contributed by atoms with van der Waals surface area (Å²) in [5, 5.41) is 18.7. The van der Waals surface area contributed by atoms with Gasteiger partial charge in [0.2, 0.25) is 9.84 Å². The maximum Gasteiger partial charge on any atom is 0.271 e. The van der Waals surface area contributed by atoms with Gasteiger partial charge in [-0.3, -0.25) is 14.3 Å². The van der Waals surface area contributed by atoms with Crippen LogP contribution in [0.25, 0.3) is 22.5 Å². The molecule has 5 aromatic rings. The number of hydrogen-bond donors (Lipinski definition) is 3. The van der Waals surface area contributed by atoms with Crippen LogP contribution in [0.1, 0.15) is 24.2 Å². The van der Waals surface area contributed by atoms with Crippen LogP contribution in [0.5, 0.6) is 5.75 Å². The minimum atomic E-state index is -4.51. The first-order chi connectivity index (χ1) is 20.5. The van der Waals surface area contributed by atoms with E-state index >= 15 is 0 Å². The van der Waals surface area contributed by atoms with Crippen LogP contribution in [-0.4, -0.2) is 47.3 Å². The van der Waals surface area contributed by atoms with Crippen molar-refractivity contribution in [3.63, 3.8) is 0 Å². The number of hydrogen-bond acceptors (Lipinski definition) is 7. The molecular weight excluding hydrogens is 566 g/mol. The predicted octanol–water partition coefficient (Wildman–Crippen LogP) is 4.89.